The van der Waals surface area contributed by atoms with E-state index in [1.807, 2.05) is 13.0 Å². The summed E-state index contributed by atoms with van der Waals surface area (Å²) in [5.41, 5.74) is 1.13. The van der Waals surface area contributed by atoms with Crippen molar-refractivity contribution in [3.8, 4) is 0 Å². The predicted molar refractivity (Wildman–Crippen MR) is 128 cm³/mol. The average Bonchev–Trinajstić information content (AvgIpc) is 2.77. The van der Waals surface area contributed by atoms with E-state index < -0.39 is 11.9 Å². The zero-order chi connectivity index (χ0) is 23.1. The van der Waals surface area contributed by atoms with Crippen LogP contribution in [-0.2, 0) is 4.79 Å². The lowest BCUT2D eigenvalue weighted by molar-refractivity contribution is -0.115. The van der Waals surface area contributed by atoms with Crippen LogP contribution < -0.4 is 10.6 Å². The van der Waals surface area contributed by atoms with Crippen LogP contribution in [0.15, 0.2) is 77.7 Å². The molecule has 0 bridgehead atoms. The van der Waals surface area contributed by atoms with E-state index in [1.54, 1.807) is 54.6 Å². The van der Waals surface area contributed by atoms with Crippen LogP contribution in [0.1, 0.15) is 34.1 Å². The van der Waals surface area contributed by atoms with E-state index in [9.17, 15) is 19.5 Å². The molecule has 8 heteroatoms. The molecule has 0 saturated carbocycles. The number of amides is 2. The van der Waals surface area contributed by atoms with Gasteiger partial charge in [0.05, 0.1) is 16.4 Å². The zero-order valence-corrected chi connectivity index (χ0v) is 18.7. The molecule has 3 rings (SSSR count). The number of hydrogen-bond donors (Lipinski definition) is 3. The Morgan fingerprint density at radius 3 is 2.22 bits per heavy atom. The molecular formula is C24H21ClN2O4S. The van der Waals surface area contributed by atoms with Crippen molar-refractivity contribution in [2.24, 2.45) is 0 Å². The lowest BCUT2D eigenvalue weighted by Crippen LogP contribution is -2.24. The molecule has 1 unspecified atom stereocenters. The highest BCUT2D eigenvalue weighted by Crippen LogP contribution is 2.29. The first-order valence-corrected chi connectivity index (χ1v) is 11.1. The van der Waals surface area contributed by atoms with Crippen LogP contribution in [-0.4, -0.2) is 28.1 Å². The van der Waals surface area contributed by atoms with Gasteiger partial charge in [-0.3, -0.25) is 9.59 Å². The molecule has 0 spiro atoms. The third-order valence-electron chi connectivity index (χ3n) is 4.53. The smallest absolute Gasteiger partial charge is 0.336 e. The minimum Gasteiger partial charge on any atom is -0.478 e. The monoisotopic (exact) mass is 468 g/mol. The van der Waals surface area contributed by atoms with Gasteiger partial charge in [0.25, 0.3) is 5.91 Å². The summed E-state index contributed by atoms with van der Waals surface area (Å²) in [4.78, 5) is 37.5. The van der Waals surface area contributed by atoms with Gasteiger partial charge in [0.1, 0.15) is 0 Å². The number of carboxylic acids is 1. The summed E-state index contributed by atoms with van der Waals surface area (Å²) in [7, 11) is 0. The maximum Gasteiger partial charge on any atom is 0.336 e. The molecule has 0 fully saturated rings. The molecule has 3 aromatic carbocycles. The second kappa shape index (κ2) is 10.8. The molecule has 0 heterocycles. The second-order valence-electron chi connectivity index (χ2n) is 6.85. The van der Waals surface area contributed by atoms with Gasteiger partial charge in [0, 0.05) is 21.3 Å². The summed E-state index contributed by atoms with van der Waals surface area (Å²) < 4.78 is 0. The van der Waals surface area contributed by atoms with Crippen molar-refractivity contribution in [2.45, 2.75) is 23.5 Å². The first kappa shape index (κ1) is 23.4. The maximum atomic E-state index is 12.7. The molecule has 6 nitrogen and oxygen atoms in total. The van der Waals surface area contributed by atoms with Gasteiger partial charge in [-0.25, -0.2) is 4.79 Å². The van der Waals surface area contributed by atoms with Gasteiger partial charge in [-0.05, 0) is 55.0 Å². The minimum atomic E-state index is -1.17. The maximum absolute atomic E-state index is 12.7. The van der Waals surface area contributed by atoms with Crippen molar-refractivity contribution >= 4 is 52.5 Å². The van der Waals surface area contributed by atoms with E-state index >= 15 is 0 Å². The third-order valence-corrected chi connectivity index (χ3v) is 6.12. The van der Waals surface area contributed by atoms with Gasteiger partial charge in [-0.1, -0.05) is 42.8 Å². The lowest BCUT2D eigenvalue weighted by atomic mass is 10.1. The first-order chi connectivity index (χ1) is 15.4. The summed E-state index contributed by atoms with van der Waals surface area (Å²) in [5, 5.41) is 15.1. The molecule has 0 aliphatic heterocycles. The van der Waals surface area contributed by atoms with E-state index in [0.29, 0.717) is 22.8 Å². The minimum absolute atomic E-state index is 0.0701. The topological polar surface area (TPSA) is 95.5 Å². The predicted octanol–water partition coefficient (Wildman–Crippen LogP) is 5.80. The Hall–Kier alpha value is -3.29. The summed E-state index contributed by atoms with van der Waals surface area (Å²) in [6.07, 6.45) is 0.597. The Bertz CT molecular complexity index is 1150. The van der Waals surface area contributed by atoms with Gasteiger partial charge in [0.15, 0.2) is 0 Å². The van der Waals surface area contributed by atoms with E-state index in [0.717, 1.165) is 4.90 Å². The van der Waals surface area contributed by atoms with Crippen LogP contribution in [0, 0.1) is 0 Å². The molecule has 0 aromatic heterocycles. The highest BCUT2D eigenvalue weighted by Gasteiger charge is 2.19. The largest absolute Gasteiger partial charge is 0.478 e. The number of aromatic carboxylic acids is 1. The van der Waals surface area contributed by atoms with Crippen molar-refractivity contribution in [2.75, 3.05) is 10.6 Å². The number of thioether (sulfide) groups is 1. The summed E-state index contributed by atoms with van der Waals surface area (Å²) >= 11 is 7.35. The van der Waals surface area contributed by atoms with Crippen LogP contribution in [0.4, 0.5) is 11.4 Å². The number of carbonyl (C=O) groups is 3. The van der Waals surface area contributed by atoms with Crippen molar-refractivity contribution in [1.82, 2.24) is 0 Å². The van der Waals surface area contributed by atoms with Gasteiger partial charge >= 0.3 is 5.97 Å². The fraction of sp³-hybridized carbons (Fsp3) is 0.125. The highest BCUT2D eigenvalue weighted by atomic mass is 35.5. The van der Waals surface area contributed by atoms with Crippen LogP contribution in [0.3, 0.4) is 0 Å². The van der Waals surface area contributed by atoms with E-state index in [2.05, 4.69) is 10.6 Å². The first-order valence-electron chi connectivity index (χ1n) is 9.84. The average molecular weight is 469 g/mol. The Kier molecular flexibility index (Phi) is 7.92. The Morgan fingerprint density at radius 2 is 1.56 bits per heavy atom. The molecular weight excluding hydrogens is 448 g/mol. The Balaban J connectivity index is 1.70. The van der Waals surface area contributed by atoms with Crippen molar-refractivity contribution in [3.63, 3.8) is 0 Å². The van der Waals surface area contributed by atoms with Gasteiger partial charge in [-0.15, -0.1) is 11.8 Å². The molecule has 0 aliphatic rings. The van der Waals surface area contributed by atoms with Crippen LogP contribution >= 0.6 is 23.4 Å². The number of carbonyl (C=O) groups excluding carboxylic acids is 2. The number of carboxylic acid groups (broad SMARTS) is 1. The number of benzene rings is 3. The summed E-state index contributed by atoms with van der Waals surface area (Å²) in [6.45, 7) is 1.92. The van der Waals surface area contributed by atoms with Crippen LogP contribution in [0.2, 0.25) is 5.02 Å². The molecule has 0 radical (unpaired) electrons. The van der Waals surface area contributed by atoms with E-state index in [4.69, 9.17) is 11.6 Å². The molecule has 2 amide bonds. The third kappa shape index (κ3) is 6.12. The van der Waals surface area contributed by atoms with Crippen LogP contribution in [0.5, 0.6) is 0 Å². The standard InChI is InChI=1S/C24H21ClN2O4S/c1-2-21(23(29)27-16-8-5-7-15(25)13-16)32-18-10-6-9-17(14-18)26-22(28)19-11-3-4-12-20(19)24(30)31/h3-14,21H,2H2,1H3,(H,26,28)(H,27,29)(H,30,31). The molecule has 0 saturated heterocycles. The Morgan fingerprint density at radius 1 is 0.906 bits per heavy atom. The molecule has 0 aliphatic carbocycles. The van der Waals surface area contributed by atoms with Crippen molar-refractivity contribution in [3.05, 3.63) is 88.9 Å². The zero-order valence-electron chi connectivity index (χ0n) is 17.2. The van der Waals surface area contributed by atoms with Gasteiger partial charge in [0.2, 0.25) is 5.91 Å². The molecule has 1 atom stereocenters. The number of halogens is 1. The van der Waals surface area contributed by atoms with Crippen LogP contribution in [0.25, 0.3) is 0 Å². The number of rotatable bonds is 8. The second-order valence-corrected chi connectivity index (χ2v) is 8.56. The molecule has 32 heavy (non-hydrogen) atoms. The van der Waals surface area contributed by atoms with Gasteiger partial charge in [-0.2, -0.15) is 0 Å². The van der Waals surface area contributed by atoms with Gasteiger partial charge < -0.3 is 15.7 Å². The molecule has 3 N–H and O–H groups in total. The number of nitrogens with one attached hydrogen (secondary N) is 2. The summed E-state index contributed by atoms with van der Waals surface area (Å²) in [5.74, 6) is -1.84. The SMILES string of the molecule is CCC(Sc1cccc(NC(=O)c2ccccc2C(=O)O)c1)C(=O)Nc1cccc(Cl)c1. The summed E-state index contributed by atoms with van der Waals surface area (Å²) in [6, 6.07) is 20.0. The fourth-order valence-electron chi connectivity index (χ4n) is 2.99. The lowest BCUT2D eigenvalue weighted by Gasteiger charge is -2.16. The van der Waals surface area contributed by atoms with E-state index in [1.165, 1.54) is 23.9 Å². The van der Waals surface area contributed by atoms with Crippen molar-refractivity contribution in [1.29, 1.82) is 0 Å². The number of hydrogen-bond acceptors (Lipinski definition) is 4. The van der Waals surface area contributed by atoms with Crippen molar-refractivity contribution < 1.29 is 19.5 Å². The molecule has 164 valence electrons. The normalized spacial score (nSPS) is 11.4. The highest BCUT2D eigenvalue weighted by molar-refractivity contribution is 8.00. The molecule has 3 aromatic rings. The van der Waals surface area contributed by atoms with E-state index in [-0.39, 0.29) is 22.3 Å². The number of anilines is 2. The Labute approximate surface area is 195 Å². The quantitative estimate of drug-likeness (QED) is 0.363. The fourth-order valence-corrected chi connectivity index (χ4v) is 4.19.